The predicted octanol–water partition coefficient (Wildman–Crippen LogP) is 3.64. The first-order valence-corrected chi connectivity index (χ1v) is 9.93. The number of hydrazone groups is 1. The second-order valence-electron chi connectivity index (χ2n) is 6.59. The first-order valence-electron chi connectivity index (χ1n) is 8.08. The minimum Gasteiger partial charge on any atom is -0.205 e. The van der Waals surface area contributed by atoms with Crippen molar-refractivity contribution in [1.82, 2.24) is 4.41 Å². The van der Waals surface area contributed by atoms with Crippen LogP contribution in [0.4, 0.5) is 0 Å². The molecule has 1 heterocycles. The molecule has 1 aliphatic heterocycles. The van der Waals surface area contributed by atoms with E-state index in [9.17, 15) is 8.42 Å². The van der Waals surface area contributed by atoms with E-state index < -0.39 is 10.0 Å². The Bertz CT molecular complexity index is 658. The number of sulfonamides is 1. The maximum absolute atomic E-state index is 12.1. The van der Waals surface area contributed by atoms with E-state index in [1.807, 2.05) is 31.2 Å². The zero-order chi connectivity index (χ0) is 15.7. The van der Waals surface area contributed by atoms with Gasteiger partial charge in [-0.25, -0.2) is 8.42 Å². The quantitative estimate of drug-likeness (QED) is 0.854. The predicted molar refractivity (Wildman–Crippen MR) is 89.2 cm³/mol. The Hall–Kier alpha value is -1.36. The van der Waals surface area contributed by atoms with Crippen LogP contribution < -0.4 is 0 Å². The molecule has 120 valence electrons. The van der Waals surface area contributed by atoms with E-state index in [2.05, 4.69) is 5.10 Å². The molecule has 0 saturated heterocycles. The first-order chi connectivity index (χ1) is 10.4. The van der Waals surface area contributed by atoms with Gasteiger partial charge in [-0.1, -0.05) is 49.1 Å². The van der Waals surface area contributed by atoms with Crippen LogP contribution in [-0.4, -0.2) is 24.8 Å². The van der Waals surface area contributed by atoms with Crippen LogP contribution in [-0.2, 0) is 10.0 Å². The molecular formula is C17H24N2O2S. The topological polar surface area (TPSA) is 49.7 Å². The first kappa shape index (κ1) is 15.5. The lowest BCUT2D eigenvalue weighted by Gasteiger charge is -2.22. The molecule has 1 aromatic carbocycles. The zero-order valence-corrected chi connectivity index (χ0v) is 14.1. The summed E-state index contributed by atoms with van der Waals surface area (Å²) >= 11 is 0. The molecule has 1 aromatic rings. The fourth-order valence-corrected chi connectivity index (χ4v) is 4.45. The second-order valence-corrected chi connectivity index (χ2v) is 8.43. The van der Waals surface area contributed by atoms with Crippen LogP contribution in [0.1, 0.15) is 55.7 Å². The highest BCUT2D eigenvalue weighted by Gasteiger charge is 2.36. The van der Waals surface area contributed by atoms with Gasteiger partial charge in [0.05, 0.1) is 12.3 Å². The summed E-state index contributed by atoms with van der Waals surface area (Å²) in [5.41, 5.74) is 3.29. The third kappa shape index (κ3) is 3.19. The SMILES string of the molecule is Cc1ccc([C@@H]2CC(C3CCCCC3)=NN2S(C)(=O)=O)cc1. The minimum atomic E-state index is -3.34. The summed E-state index contributed by atoms with van der Waals surface area (Å²) in [6.45, 7) is 2.04. The minimum absolute atomic E-state index is 0.174. The fourth-order valence-electron chi connectivity index (χ4n) is 3.54. The summed E-state index contributed by atoms with van der Waals surface area (Å²) in [7, 11) is -3.34. The van der Waals surface area contributed by atoms with Crippen LogP contribution >= 0.6 is 0 Å². The highest BCUT2D eigenvalue weighted by molar-refractivity contribution is 7.88. The Labute approximate surface area is 133 Å². The van der Waals surface area contributed by atoms with Gasteiger partial charge in [-0.2, -0.15) is 9.52 Å². The Balaban J connectivity index is 1.89. The maximum atomic E-state index is 12.1. The van der Waals surface area contributed by atoms with E-state index in [0.717, 1.165) is 30.5 Å². The van der Waals surface area contributed by atoms with Crippen LogP contribution in [0.3, 0.4) is 0 Å². The van der Waals surface area contributed by atoms with Gasteiger partial charge in [0.25, 0.3) is 0 Å². The summed E-state index contributed by atoms with van der Waals surface area (Å²) in [4.78, 5) is 0. The number of hydrogen-bond acceptors (Lipinski definition) is 3. The lowest BCUT2D eigenvalue weighted by molar-refractivity contribution is 0.375. The average Bonchev–Trinajstić information content (AvgIpc) is 2.94. The molecule has 0 bridgehead atoms. The van der Waals surface area contributed by atoms with Crippen LogP contribution in [0.2, 0.25) is 0 Å². The zero-order valence-electron chi connectivity index (χ0n) is 13.3. The van der Waals surface area contributed by atoms with Crippen molar-refractivity contribution in [1.29, 1.82) is 0 Å². The Morgan fingerprint density at radius 2 is 1.73 bits per heavy atom. The molecule has 1 atom stereocenters. The fraction of sp³-hybridized carbons (Fsp3) is 0.588. The Kier molecular flexibility index (Phi) is 4.26. The standard InChI is InChI=1S/C17H24N2O2S/c1-13-8-10-15(11-9-13)17-12-16(14-6-4-3-5-7-14)18-19(17)22(2,20)21/h8-11,14,17H,3-7,12H2,1-2H3/t17-/m0/s1. The molecule has 1 aliphatic carbocycles. The molecule has 1 fully saturated rings. The van der Waals surface area contributed by atoms with Gasteiger partial charge in [-0.3, -0.25) is 0 Å². The van der Waals surface area contributed by atoms with Crippen LogP contribution in [0, 0.1) is 12.8 Å². The van der Waals surface area contributed by atoms with Crippen molar-refractivity contribution in [3.8, 4) is 0 Å². The number of aryl methyl sites for hydroxylation is 1. The van der Waals surface area contributed by atoms with Gasteiger partial charge in [0.2, 0.25) is 10.0 Å². The van der Waals surface area contributed by atoms with E-state index in [1.54, 1.807) is 0 Å². The molecule has 0 N–H and O–H groups in total. The van der Waals surface area contributed by atoms with Crippen molar-refractivity contribution in [3.63, 3.8) is 0 Å². The Morgan fingerprint density at radius 1 is 1.09 bits per heavy atom. The summed E-state index contributed by atoms with van der Waals surface area (Å²) in [6, 6.07) is 7.95. The van der Waals surface area contributed by atoms with Crippen LogP contribution in [0.15, 0.2) is 29.4 Å². The molecule has 0 unspecified atom stereocenters. The molecule has 2 aliphatic rings. The molecule has 0 radical (unpaired) electrons. The molecule has 5 heteroatoms. The van der Waals surface area contributed by atoms with Crippen molar-refractivity contribution in [2.75, 3.05) is 6.26 Å². The van der Waals surface area contributed by atoms with Crippen molar-refractivity contribution in [3.05, 3.63) is 35.4 Å². The highest BCUT2D eigenvalue weighted by Crippen LogP contribution is 2.38. The van der Waals surface area contributed by atoms with Crippen molar-refractivity contribution < 1.29 is 8.42 Å². The number of rotatable bonds is 3. The van der Waals surface area contributed by atoms with Crippen LogP contribution in [0.25, 0.3) is 0 Å². The maximum Gasteiger partial charge on any atom is 0.247 e. The third-order valence-electron chi connectivity index (χ3n) is 4.77. The average molecular weight is 320 g/mol. The lowest BCUT2D eigenvalue weighted by Crippen LogP contribution is -2.25. The normalized spacial score (nSPS) is 23.6. The number of benzene rings is 1. The van der Waals surface area contributed by atoms with E-state index in [0.29, 0.717) is 5.92 Å². The monoisotopic (exact) mass is 320 g/mol. The second kappa shape index (κ2) is 6.03. The van der Waals surface area contributed by atoms with Gasteiger partial charge in [0.15, 0.2) is 0 Å². The van der Waals surface area contributed by atoms with E-state index in [4.69, 9.17) is 0 Å². The molecule has 0 aromatic heterocycles. The van der Waals surface area contributed by atoms with E-state index in [1.165, 1.54) is 35.5 Å². The summed E-state index contributed by atoms with van der Waals surface area (Å²) < 4.78 is 25.6. The molecule has 4 nitrogen and oxygen atoms in total. The van der Waals surface area contributed by atoms with Crippen molar-refractivity contribution in [2.24, 2.45) is 11.0 Å². The molecule has 1 saturated carbocycles. The van der Waals surface area contributed by atoms with Crippen molar-refractivity contribution >= 4 is 15.7 Å². The van der Waals surface area contributed by atoms with Gasteiger partial charge >= 0.3 is 0 Å². The lowest BCUT2D eigenvalue weighted by atomic mass is 9.83. The molecule has 3 rings (SSSR count). The van der Waals surface area contributed by atoms with Gasteiger partial charge in [0, 0.05) is 12.1 Å². The molecule has 0 amide bonds. The van der Waals surface area contributed by atoms with Gasteiger partial charge in [-0.05, 0) is 31.2 Å². The third-order valence-corrected chi connectivity index (χ3v) is 5.79. The van der Waals surface area contributed by atoms with Crippen LogP contribution in [0.5, 0.6) is 0 Å². The summed E-state index contributed by atoms with van der Waals surface area (Å²) in [5, 5.41) is 4.53. The summed E-state index contributed by atoms with van der Waals surface area (Å²) in [6.07, 6.45) is 8.05. The molecule has 0 spiro atoms. The van der Waals surface area contributed by atoms with Crippen molar-refractivity contribution in [2.45, 2.75) is 51.5 Å². The summed E-state index contributed by atoms with van der Waals surface area (Å²) in [5.74, 6) is 0.466. The van der Waals surface area contributed by atoms with E-state index >= 15 is 0 Å². The van der Waals surface area contributed by atoms with E-state index in [-0.39, 0.29) is 6.04 Å². The number of nitrogens with zero attached hydrogens (tertiary/aromatic N) is 2. The smallest absolute Gasteiger partial charge is 0.205 e. The number of hydrogen-bond donors (Lipinski definition) is 0. The van der Waals surface area contributed by atoms with Gasteiger partial charge < -0.3 is 0 Å². The largest absolute Gasteiger partial charge is 0.247 e. The van der Waals surface area contributed by atoms with Gasteiger partial charge in [0.1, 0.15) is 0 Å². The highest BCUT2D eigenvalue weighted by atomic mass is 32.2. The van der Waals surface area contributed by atoms with Gasteiger partial charge in [-0.15, -0.1) is 0 Å². The Morgan fingerprint density at radius 3 is 2.32 bits per heavy atom. The molecule has 22 heavy (non-hydrogen) atoms. The molecular weight excluding hydrogens is 296 g/mol.